The molecule has 5 aliphatic rings. The summed E-state index contributed by atoms with van der Waals surface area (Å²) in [6.07, 6.45) is 14.3. The second-order valence-corrected chi connectivity index (χ2v) is 17.3. The molecular weight excluding hydrogens is 641 g/mol. The number of hydrogen-bond acceptors (Lipinski definition) is 4. The first kappa shape index (κ1) is 33.6. The van der Waals surface area contributed by atoms with E-state index in [1.165, 1.54) is 53.3 Å². The maximum atomic E-state index is 14.2. The smallest absolute Gasteiger partial charge is 0.244 e. The van der Waals surface area contributed by atoms with Crippen LogP contribution in [0, 0.1) is 17.8 Å². The van der Waals surface area contributed by atoms with Crippen molar-refractivity contribution in [3.8, 4) is 0 Å². The molecule has 10 heteroatoms. The van der Waals surface area contributed by atoms with Crippen LogP contribution in [0.4, 0.5) is 5.69 Å². The highest BCUT2D eigenvalue weighted by Gasteiger charge is 2.51. The van der Waals surface area contributed by atoms with Crippen molar-refractivity contribution in [2.24, 2.45) is 17.8 Å². The normalized spacial score (nSPS) is 26.5. The highest BCUT2D eigenvalue weighted by molar-refractivity contribution is 7.92. The molecule has 0 saturated heterocycles. The zero-order chi connectivity index (χ0) is 32.6. The Morgan fingerprint density at radius 1 is 0.935 bits per heavy atom. The molecule has 1 atom stereocenters. The summed E-state index contributed by atoms with van der Waals surface area (Å²) in [5.41, 5.74) is 2.57. The molecule has 5 saturated carbocycles. The minimum atomic E-state index is -3.82. The molecule has 1 N–H and O–H groups in total. The van der Waals surface area contributed by atoms with Crippen molar-refractivity contribution in [1.29, 1.82) is 0 Å². The summed E-state index contributed by atoms with van der Waals surface area (Å²) in [4.78, 5) is 29.4. The van der Waals surface area contributed by atoms with E-state index in [9.17, 15) is 18.0 Å². The number of anilines is 1. The van der Waals surface area contributed by atoms with Crippen LogP contribution in [-0.2, 0) is 31.6 Å². The second kappa shape index (κ2) is 13.7. The molecule has 0 spiro atoms. The van der Waals surface area contributed by atoms with E-state index in [1.807, 2.05) is 19.1 Å². The minimum Gasteiger partial charge on any atom is -0.352 e. The average Bonchev–Trinajstić information content (AvgIpc) is 3.00. The Bertz CT molecular complexity index is 1510. The number of nitrogens with one attached hydrogen (secondary N) is 1. The van der Waals surface area contributed by atoms with Crippen LogP contribution in [0.2, 0.25) is 10.0 Å². The summed E-state index contributed by atoms with van der Waals surface area (Å²) in [6.45, 7) is 1.49. The number of carbonyl (C=O) groups excluding carboxylic acids is 2. The third-order valence-electron chi connectivity index (χ3n) is 11.2. The predicted octanol–water partition coefficient (Wildman–Crippen LogP) is 7.48. The summed E-state index contributed by atoms with van der Waals surface area (Å²) in [7, 11) is -3.82. The van der Waals surface area contributed by atoms with E-state index in [2.05, 4.69) is 17.4 Å². The molecule has 2 aromatic rings. The Kier molecular flexibility index (Phi) is 9.99. The first-order valence-corrected chi connectivity index (χ1v) is 19.7. The fourth-order valence-corrected chi connectivity index (χ4v) is 10.7. The van der Waals surface area contributed by atoms with Gasteiger partial charge in [0, 0.05) is 22.6 Å². The first-order chi connectivity index (χ1) is 21.9. The Balaban J connectivity index is 1.25. The lowest BCUT2D eigenvalue weighted by Crippen LogP contribution is -2.54. The van der Waals surface area contributed by atoms with Gasteiger partial charge in [-0.25, -0.2) is 8.42 Å². The van der Waals surface area contributed by atoms with E-state index >= 15 is 0 Å². The van der Waals surface area contributed by atoms with Gasteiger partial charge in [-0.3, -0.25) is 13.9 Å². The number of rotatable bonds is 11. The zero-order valence-corrected chi connectivity index (χ0v) is 29.3. The first-order valence-electron chi connectivity index (χ1n) is 17.1. The van der Waals surface area contributed by atoms with E-state index in [1.54, 1.807) is 18.2 Å². The van der Waals surface area contributed by atoms with Crippen molar-refractivity contribution >= 4 is 50.7 Å². The molecule has 0 aromatic heterocycles. The lowest BCUT2D eigenvalue weighted by Gasteiger charge is -2.57. The SMILES string of the molecule is CCC(C(=O)NC1CCCCC1)N(Cc1ccc(Cl)cc1Cl)C(=O)CN(c1ccc(C23CC4CC(CC(C4)C2)C3)cc1)S(C)(=O)=O. The van der Waals surface area contributed by atoms with Crippen LogP contribution in [0.3, 0.4) is 0 Å². The third-order valence-corrected chi connectivity index (χ3v) is 12.9. The highest BCUT2D eigenvalue weighted by atomic mass is 35.5. The molecule has 0 radical (unpaired) electrons. The fraction of sp³-hybridized carbons (Fsp3) is 0.611. The summed E-state index contributed by atoms with van der Waals surface area (Å²) in [5, 5.41) is 4.02. The number of nitrogens with zero attached hydrogens (tertiary/aromatic N) is 2. The molecule has 1 unspecified atom stereocenters. The fourth-order valence-electron chi connectivity index (χ4n) is 9.36. The van der Waals surface area contributed by atoms with Crippen molar-refractivity contribution in [3.05, 3.63) is 63.6 Å². The Hall–Kier alpha value is -2.29. The van der Waals surface area contributed by atoms with Crippen LogP contribution < -0.4 is 9.62 Å². The minimum absolute atomic E-state index is 0.0496. The van der Waals surface area contributed by atoms with Gasteiger partial charge in [-0.05, 0) is 116 Å². The Labute approximate surface area is 284 Å². The van der Waals surface area contributed by atoms with Gasteiger partial charge in [0.15, 0.2) is 0 Å². The van der Waals surface area contributed by atoms with Gasteiger partial charge >= 0.3 is 0 Å². The van der Waals surface area contributed by atoms with Gasteiger partial charge in [0.1, 0.15) is 12.6 Å². The van der Waals surface area contributed by atoms with Gasteiger partial charge in [0.25, 0.3) is 0 Å². The molecule has 0 heterocycles. The van der Waals surface area contributed by atoms with Crippen LogP contribution in [-0.4, -0.2) is 50.0 Å². The van der Waals surface area contributed by atoms with E-state index in [0.29, 0.717) is 27.7 Å². The van der Waals surface area contributed by atoms with E-state index in [-0.39, 0.29) is 23.9 Å². The number of amides is 2. The summed E-state index contributed by atoms with van der Waals surface area (Å²) in [6, 6.07) is 12.2. The molecular formula is C36H47Cl2N3O4S. The van der Waals surface area contributed by atoms with E-state index < -0.39 is 28.5 Å². The monoisotopic (exact) mass is 687 g/mol. The summed E-state index contributed by atoms with van der Waals surface area (Å²) in [5.74, 6) is 1.72. The molecule has 0 aliphatic heterocycles. The lowest BCUT2D eigenvalue weighted by molar-refractivity contribution is -0.140. The molecule has 2 amide bonds. The second-order valence-electron chi connectivity index (χ2n) is 14.5. The van der Waals surface area contributed by atoms with Gasteiger partial charge in [0.2, 0.25) is 21.8 Å². The van der Waals surface area contributed by atoms with Crippen molar-refractivity contribution < 1.29 is 18.0 Å². The quantitative estimate of drug-likeness (QED) is 0.265. The van der Waals surface area contributed by atoms with Crippen LogP contribution in [0.15, 0.2) is 42.5 Å². The van der Waals surface area contributed by atoms with Crippen molar-refractivity contribution in [3.63, 3.8) is 0 Å². The summed E-state index contributed by atoms with van der Waals surface area (Å²) < 4.78 is 27.6. The number of carbonyl (C=O) groups is 2. The average molecular weight is 689 g/mol. The Morgan fingerprint density at radius 2 is 1.54 bits per heavy atom. The molecule has 5 fully saturated rings. The number of halogens is 2. The van der Waals surface area contributed by atoms with Gasteiger partial charge in [0.05, 0.1) is 11.9 Å². The van der Waals surface area contributed by atoms with Crippen LogP contribution >= 0.6 is 23.2 Å². The zero-order valence-electron chi connectivity index (χ0n) is 27.0. The van der Waals surface area contributed by atoms with Crippen molar-refractivity contribution in [2.75, 3.05) is 17.1 Å². The standard InChI is InChI=1S/C36H47Cl2N3O4S/c1-3-33(35(43)39-30-7-5-4-6-8-30)40(22-27-9-12-29(37)18-32(27)38)34(42)23-41(46(2,44)45)31-13-10-28(11-14-31)36-19-24-15-25(20-36)17-26(16-24)21-36/h9-14,18,24-26,30,33H,3-8,15-17,19-23H2,1-2H3,(H,39,43). The number of sulfonamides is 1. The van der Waals surface area contributed by atoms with Crippen LogP contribution in [0.25, 0.3) is 0 Å². The van der Waals surface area contributed by atoms with Crippen molar-refractivity contribution in [2.45, 2.75) is 108 Å². The van der Waals surface area contributed by atoms with E-state index in [4.69, 9.17) is 23.2 Å². The topological polar surface area (TPSA) is 86.8 Å². The number of hydrogen-bond donors (Lipinski definition) is 1. The highest BCUT2D eigenvalue weighted by Crippen LogP contribution is 2.60. The molecule has 46 heavy (non-hydrogen) atoms. The van der Waals surface area contributed by atoms with Gasteiger partial charge in [-0.2, -0.15) is 0 Å². The number of benzene rings is 2. The van der Waals surface area contributed by atoms with Crippen LogP contribution in [0.1, 0.15) is 95.1 Å². The molecule has 7 nitrogen and oxygen atoms in total. The molecule has 5 aliphatic carbocycles. The largest absolute Gasteiger partial charge is 0.352 e. The predicted molar refractivity (Wildman–Crippen MR) is 185 cm³/mol. The lowest BCUT2D eigenvalue weighted by atomic mass is 9.48. The Morgan fingerprint density at radius 3 is 2.09 bits per heavy atom. The molecule has 4 bridgehead atoms. The maximum Gasteiger partial charge on any atom is 0.244 e. The molecule has 2 aromatic carbocycles. The summed E-state index contributed by atoms with van der Waals surface area (Å²) >= 11 is 12.7. The maximum absolute atomic E-state index is 14.2. The molecule has 250 valence electrons. The molecule has 7 rings (SSSR count). The van der Waals surface area contributed by atoms with Crippen molar-refractivity contribution in [1.82, 2.24) is 10.2 Å². The van der Waals surface area contributed by atoms with Gasteiger partial charge < -0.3 is 10.2 Å². The van der Waals surface area contributed by atoms with Crippen LogP contribution in [0.5, 0.6) is 0 Å². The van der Waals surface area contributed by atoms with Gasteiger partial charge in [-0.15, -0.1) is 0 Å². The van der Waals surface area contributed by atoms with E-state index in [0.717, 1.165) is 56.1 Å². The third kappa shape index (κ3) is 7.24. The van der Waals surface area contributed by atoms with Gasteiger partial charge in [-0.1, -0.05) is 67.6 Å².